The number of benzene rings is 3. The lowest BCUT2D eigenvalue weighted by molar-refractivity contribution is -0.138. The van der Waals surface area contributed by atoms with Crippen molar-refractivity contribution in [3.8, 4) is 0 Å². The SMILES string of the molecule is NCc1cccc(CNC(=O)C(CC(=O)N2CCC(N3CCc4ccccc4NC3=O)CC2)Cc2cc(Cl)c(N)c(C(F)(F)F)c2)c1. The van der Waals surface area contributed by atoms with Crippen molar-refractivity contribution in [2.75, 3.05) is 30.7 Å². The highest BCUT2D eigenvalue weighted by molar-refractivity contribution is 6.33. The second-order valence-electron chi connectivity index (χ2n) is 12.0. The zero-order valence-corrected chi connectivity index (χ0v) is 26.5. The maximum atomic E-state index is 13.7. The van der Waals surface area contributed by atoms with Crippen molar-refractivity contribution >= 4 is 40.8 Å². The van der Waals surface area contributed by atoms with Crippen LogP contribution in [0.5, 0.6) is 0 Å². The van der Waals surface area contributed by atoms with E-state index in [2.05, 4.69) is 10.6 Å². The van der Waals surface area contributed by atoms with Gasteiger partial charge in [-0.25, -0.2) is 4.79 Å². The number of amides is 4. The van der Waals surface area contributed by atoms with Crippen molar-refractivity contribution in [3.63, 3.8) is 0 Å². The molecule has 47 heavy (non-hydrogen) atoms. The summed E-state index contributed by atoms with van der Waals surface area (Å²) in [7, 11) is 0. The van der Waals surface area contributed by atoms with E-state index in [0.717, 1.165) is 28.4 Å². The van der Waals surface area contributed by atoms with Crippen LogP contribution in [0.4, 0.5) is 29.3 Å². The number of carbonyl (C=O) groups is 3. The van der Waals surface area contributed by atoms with Crippen LogP contribution >= 0.6 is 11.6 Å². The van der Waals surface area contributed by atoms with E-state index < -0.39 is 29.3 Å². The lowest BCUT2D eigenvalue weighted by Crippen LogP contribution is -2.50. The molecular weight excluding hydrogens is 633 g/mol. The number of halogens is 4. The molecule has 4 amide bonds. The molecule has 0 radical (unpaired) electrons. The average Bonchev–Trinajstić information content (AvgIpc) is 3.22. The van der Waals surface area contributed by atoms with Crippen molar-refractivity contribution in [1.29, 1.82) is 0 Å². The fourth-order valence-electron chi connectivity index (χ4n) is 6.27. The van der Waals surface area contributed by atoms with Gasteiger partial charge in [0.25, 0.3) is 0 Å². The third-order valence-corrected chi connectivity index (χ3v) is 9.18. The van der Waals surface area contributed by atoms with E-state index in [9.17, 15) is 27.6 Å². The van der Waals surface area contributed by atoms with Crippen LogP contribution < -0.4 is 22.1 Å². The molecule has 2 aliphatic rings. The number of para-hydroxylation sites is 1. The molecule has 5 rings (SSSR count). The predicted molar refractivity (Wildman–Crippen MR) is 174 cm³/mol. The minimum atomic E-state index is -4.75. The molecule has 13 heteroatoms. The van der Waals surface area contributed by atoms with Crippen LogP contribution in [0.3, 0.4) is 0 Å². The zero-order valence-electron chi connectivity index (χ0n) is 25.8. The number of nitrogens with two attached hydrogens (primary N) is 2. The smallest absolute Gasteiger partial charge is 0.397 e. The van der Waals surface area contributed by atoms with Gasteiger partial charge in [0.2, 0.25) is 11.8 Å². The van der Waals surface area contributed by atoms with E-state index in [1.807, 2.05) is 53.4 Å². The van der Waals surface area contributed by atoms with Gasteiger partial charge in [-0.3, -0.25) is 9.59 Å². The highest BCUT2D eigenvalue weighted by Crippen LogP contribution is 2.38. The molecule has 0 saturated carbocycles. The third kappa shape index (κ3) is 8.36. The van der Waals surface area contributed by atoms with Crippen LogP contribution in [0, 0.1) is 5.92 Å². The maximum absolute atomic E-state index is 13.7. The standard InChI is InChI=1S/C34H38ClF3N6O3/c35-28-17-23(16-27(31(28)40)34(36,37)38)15-25(32(46)41-20-22-5-3-4-21(14-22)19-39)18-30(45)43-11-9-26(10-12-43)44-13-8-24-6-1-2-7-29(24)42-33(44)47/h1-7,14,16-17,25-26H,8-13,15,18-20,39-40H2,(H,41,46)(H,42,47). The van der Waals surface area contributed by atoms with Gasteiger partial charge in [0.15, 0.2) is 0 Å². The van der Waals surface area contributed by atoms with Crippen molar-refractivity contribution < 1.29 is 27.6 Å². The average molecular weight is 671 g/mol. The molecule has 3 aromatic rings. The number of carbonyl (C=O) groups excluding carboxylic acids is 3. The number of nitrogens with one attached hydrogen (secondary N) is 2. The number of anilines is 2. The molecule has 1 atom stereocenters. The van der Waals surface area contributed by atoms with E-state index in [4.69, 9.17) is 23.1 Å². The first-order valence-corrected chi connectivity index (χ1v) is 15.9. The summed E-state index contributed by atoms with van der Waals surface area (Å²) in [5, 5.41) is 5.54. The summed E-state index contributed by atoms with van der Waals surface area (Å²) >= 11 is 6.07. The van der Waals surface area contributed by atoms with Crippen molar-refractivity contribution in [2.45, 2.75) is 57.4 Å². The van der Waals surface area contributed by atoms with Gasteiger partial charge in [0, 0.05) is 50.9 Å². The number of likely N-dealkylation sites (tertiary alicyclic amines) is 1. The second kappa shape index (κ2) is 14.6. The molecule has 250 valence electrons. The molecule has 0 aliphatic carbocycles. The van der Waals surface area contributed by atoms with Gasteiger partial charge in [0.05, 0.1) is 22.2 Å². The molecule has 2 aliphatic heterocycles. The first kappa shape index (κ1) is 34.1. The summed E-state index contributed by atoms with van der Waals surface area (Å²) in [6.45, 7) is 1.80. The number of alkyl halides is 3. The van der Waals surface area contributed by atoms with Crippen LogP contribution in [-0.2, 0) is 41.7 Å². The number of rotatable bonds is 9. The highest BCUT2D eigenvalue weighted by Gasteiger charge is 2.36. The fraction of sp³-hybridized carbons (Fsp3) is 0.382. The van der Waals surface area contributed by atoms with Crippen LogP contribution in [0.1, 0.15) is 47.1 Å². The summed E-state index contributed by atoms with van der Waals surface area (Å²) in [4.78, 5) is 43.6. The van der Waals surface area contributed by atoms with E-state index >= 15 is 0 Å². The van der Waals surface area contributed by atoms with E-state index in [0.29, 0.717) is 45.4 Å². The number of urea groups is 1. The summed E-state index contributed by atoms with van der Waals surface area (Å²) in [6.07, 6.45) is -3.29. The van der Waals surface area contributed by atoms with E-state index in [1.165, 1.54) is 6.07 Å². The van der Waals surface area contributed by atoms with Crippen LogP contribution in [0.25, 0.3) is 0 Å². The van der Waals surface area contributed by atoms with Gasteiger partial charge < -0.3 is 31.9 Å². The summed E-state index contributed by atoms with van der Waals surface area (Å²) in [5.74, 6) is -1.75. The monoisotopic (exact) mass is 670 g/mol. The normalized spacial score (nSPS) is 16.2. The zero-order chi connectivity index (χ0) is 33.7. The number of hydrogen-bond donors (Lipinski definition) is 4. The van der Waals surface area contributed by atoms with Gasteiger partial charge in [-0.15, -0.1) is 0 Å². The van der Waals surface area contributed by atoms with Crippen molar-refractivity contribution in [3.05, 3.63) is 93.5 Å². The highest BCUT2D eigenvalue weighted by atomic mass is 35.5. The molecule has 1 fully saturated rings. The third-order valence-electron chi connectivity index (χ3n) is 8.86. The Kier molecular flexibility index (Phi) is 10.6. The lowest BCUT2D eigenvalue weighted by Gasteiger charge is -2.38. The quantitative estimate of drug-likeness (QED) is 0.228. The van der Waals surface area contributed by atoms with Crippen LogP contribution in [-0.4, -0.2) is 53.3 Å². The summed E-state index contributed by atoms with van der Waals surface area (Å²) in [5.41, 5.74) is 13.3. The molecular formula is C34H38ClF3N6O3. The fourth-order valence-corrected chi connectivity index (χ4v) is 6.52. The molecule has 9 nitrogen and oxygen atoms in total. The molecule has 1 saturated heterocycles. The molecule has 6 N–H and O–H groups in total. The van der Waals surface area contributed by atoms with Crippen molar-refractivity contribution in [2.24, 2.45) is 11.7 Å². The van der Waals surface area contributed by atoms with Gasteiger partial charge >= 0.3 is 12.2 Å². The Balaban J connectivity index is 1.27. The van der Waals surface area contributed by atoms with Crippen molar-refractivity contribution in [1.82, 2.24) is 15.1 Å². The van der Waals surface area contributed by atoms with Gasteiger partial charge in [-0.2, -0.15) is 13.2 Å². The number of nitrogen functional groups attached to an aromatic ring is 1. The number of hydrogen-bond acceptors (Lipinski definition) is 5. The Bertz CT molecular complexity index is 1630. The Morgan fingerprint density at radius 3 is 2.45 bits per heavy atom. The minimum Gasteiger partial charge on any atom is -0.397 e. The minimum absolute atomic E-state index is 0.0607. The summed E-state index contributed by atoms with van der Waals surface area (Å²) in [6, 6.07) is 17.0. The maximum Gasteiger partial charge on any atom is 0.418 e. The second-order valence-corrected chi connectivity index (χ2v) is 12.4. The molecule has 1 unspecified atom stereocenters. The van der Waals surface area contributed by atoms with Gasteiger partial charge in [0.1, 0.15) is 0 Å². The Hall–Kier alpha value is -4.29. The molecule has 0 spiro atoms. The molecule has 0 bridgehead atoms. The Labute approximate surface area is 276 Å². The van der Waals surface area contributed by atoms with E-state index in [1.54, 1.807) is 4.90 Å². The largest absolute Gasteiger partial charge is 0.418 e. The predicted octanol–water partition coefficient (Wildman–Crippen LogP) is 5.35. The first-order valence-electron chi connectivity index (χ1n) is 15.6. The molecule has 2 heterocycles. The van der Waals surface area contributed by atoms with Gasteiger partial charge in [-0.05, 0) is 66.1 Å². The van der Waals surface area contributed by atoms with Crippen LogP contribution in [0.15, 0.2) is 60.7 Å². The lowest BCUT2D eigenvalue weighted by atomic mass is 9.92. The summed E-state index contributed by atoms with van der Waals surface area (Å²) < 4.78 is 41.1. The number of piperidine rings is 1. The topological polar surface area (TPSA) is 134 Å². The van der Waals surface area contributed by atoms with Crippen LogP contribution in [0.2, 0.25) is 5.02 Å². The van der Waals surface area contributed by atoms with E-state index in [-0.39, 0.29) is 48.0 Å². The first-order chi connectivity index (χ1) is 22.4. The molecule has 3 aromatic carbocycles. The molecule has 0 aromatic heterocycles. The Morgan fingerprint density at radius 1 is 1.00 bits per heavy atom. The van der Waals surface area contributed by atoms with Gasteiger partial charge in [-0.1, -0.05) is 54.1 Å². The number of fused-ring (bicyclic) bond motifs is 1. The number of nitrogens with zero attached hydrogens (tertiary/aromatic N) is 2. The Morgan fingerprint density at radius 2 is 1.72 bits per heavy atom.